The van der Waals surface area contributed by atoms with Crippen LogP contribution >= 0.6 is 0 Å². The maximum atomic E-state index is 13.7. The molecule has 0 aliphatic rings. The standard InChI is InChI=1S/C17H18F2N2O/c1-10-4-7-16(11(2)8-10)21-17(22)20-12(3)14-6-5-13(18)9-15(14)19/h4-9,12H,1-3H3,(H2,20,21,22). The molecule has 116 valence electrons. The number of anilines is 1. The summed E-state index contributed by atoms with van der Waals surface area (Å²) < 4.78 is 26.6. The van der Waals surface area contributed by atoms with Crippen molar-refractivity contribution in [2.75, 3.05) is 5.32 Å². The summed E-state index contributed by atoms with van der Waals surface area (Å²) in [5.41, 5.74) is 2.97. The van der Waals surface area contributed by atoms with Gasteiger partial charge in [0.1, 0.15) is 11.6 Å². The zero-order chi connectivity index (χ0) is 16.3. The first-order valence-electron chi connectivity index (χ1n) is 6.96. The average Bonchev–Trinajstić information content (AvgIpc) is 2.41. The lowest BCUT2D eigenvalue weighted by Crippen LogP contribution is -2.31. The van der Waals surface area contributed by atoms with Gasteiger partial charge in [-0.3, -0.25) is 0 Å². The molecule has 0 saturated carbocycles. The van der Waals surface area contributed by atoms with Crippen LogP contribution in [0.2, 0.25) is 0 Å². The van der Waals surface area contributed by atoms with Crippen LogP contribution in [0.4, 0.5) is 19.3 Å². The molecule has 0 bridgehead atoms. The van der Waals surface area contributed by atoms with Crippen LogP contribution in [0.5, 0.6) is 0 Å². The molecular weight excluding hydrogens is 286 g/mol. The first kappa shape index (κ1) is 15.9. The molecule has 0 aromatic heterocycles. The predicted octanol–water partition coefficient (Wildman–Crippen LogP) is 4.46. The third-order valence-corrected chi connectivity index (χ3v) is 3.41. The molecule has 0 heterocycles. The van der Waals surface area contributed by atoms with Gasteiger partial charge in [0, 0.05) is 17.3 Å². The smallest absolute Gasteiger partial charge is 0.319 e. The summed E-state index contributed by atoms with van der Waals surface area (Å²) in [6.45, 7) is 5.50. The minimum absolute atomic E-state index is 0.233. The Bertz CT molecular complexity index is 701. The summed E-state index contributed by atoms with van der Waals surface area (Å²) in [4.78, 5) is 12.0. The number of carbonyl (C=O) groups excluding carboxylic acids is 1. The van der Waals surface area contributed by atoms with Crippen molar-refractivity contribution in [1.29, 1.82) is 0 Å². The van der Waals surface area contributed by atoms with Crippen molar-refractivity contribution in [2.24, 2.45) is 0 Å². The van der Waals surface area contributed by atoms with Gasteiger partial charge in [0.25, 0.3) is 0 Å². The van der Waals surface area contributed by atoms with E-state index in [9.17, 15) is 13.6 Å². The van der Waals surface area contributed by atoms with Gasteiger partial charge in [-0.25, -0.2) is 13.6 Å². The summed E-state index contributed by atoms with van der Waals surface area (Å²) >= 11 is 0. The van der Waals surface area contributed by atoms with Crippen molar-refractivity contribution in [3.63, 3.8) is 0 Å². The van der Waals surface area contributed by atoms with Crippen molar-refractivity contribution in [2.45, 2.75) is 26.8 Å². The zero-order valence-corrected chi connectivity index (χ0v) is 12.7. The predicted molar refractivity (Wildman–Crippen MR) is 82.8 cm³/mol. The third-order valence-electron chi connectivity index (χ3n) is 3.41. The van der Waals surface area contributed by atoms with E-state index in [0.29, 0.717) is 5.69 Å². The Kier molecular flexibility index (Phi) is 4.75. The fraction of sp³-hybridized carbons (Fsp3) is 0.235. The SMILES string of the molecule is Cc1ccc(NC(=O)NC(C)c2ccc(F)cc2F)c(C)c1. The number of hydrogen-bond acceptors (Lipinski definition) is 1. The molecule has 2 aromatic carbocycles. The highest BCUT2D eigenvalue weighted by Crippen LogP contribution is 2.19. The fourth-order valence-corrected chi connectivity index (χ4v) is 2.24. The molecule has 5 heteroatoms. The van der Waals surface area contributed by atoms with Gasteiger partial charge in [0.15, 0.2) is 0 Å². The van der Waals surface area contributed by atoms with E-state index in [4.69, 9.17) is 0 Å². The van der Waals surface area contributed by atoms with E-state index in [1.54, 1.807) is 6.92 Å². The lowest BCUT2D eigenvalue weighted by atomic mass is 10.1. The Labute approximate surface area is 128 Å². The molecule has 1 atom stereocenters. The summed E-state index contributed by atoms with van der Waals surface area (Å²) in [5, 5.41) is 5.36. The van der Waals surface area contributed by atoms with E-state index >= 15 is 0 Å². The molecule has 0 aliphatic carbocycles. The van der Waals surface area contributed by atoms with Gasteiger partial charge in [-0.1, -0.05) is 23.8 Å². The van der Waals surface area contributed by atoms with Crippen molar-refractivity contribution < 1.29 is 13.6 Å². The molecule has 2 aromatic rings. The number of amides is 2. The number of nitrogens with one attached hydrogen (secondary N) is 2. The molecule has 0 radical (unpaired) electrons. The van der Waals surface area contributed by atoms with Crippen LogP contribution in [0.1, 0.15) is 29.7 Å². The summed E-state index contributed by atoms with van der Waals surface area (Å²) in [6.07, 6.45) is 0. The number of aryl methyl sites for hydroxylation is 2. The number of hydrogen-bond donors (Lipinski definition) is 2. The Morgan fingerprint density at radius 2 is 1.82 bits per heavy atom. The Morgan fingerprint density at radius 1 is 1.09 bits per heavy atom. The third kappa shape index (κ3) is 3.81. The van der Waals surface area contributed by atoms with Crippen LogP contribution in [0.3, 0.4) is 0 Å². The van der Waals surface area contributed by atoms with Crippen LogP contribution in [0.25, 0.3) is 0 Å². The van der Waals surface area contributed by atoms with Crippen LogP contribution in [-0.2, 0) is 0 Å². The van der Waals surface area contributed by atoms with Gasteiger partial charge < -0.3 is 10.6 Å². The summed E-state index contributed by atoms with van der Waals surface area (Å²) in [5.74, 6) is -1.33. The molecule has 0 spiro atoms. The average molecular weight is 304 g/mol. The molecule has 3 nitrogen and oxygen atoms in total. The van der Waals surface area contributed by atoms with Crippen LogP contribution in [0.15, 0.2) is 36.4 Å². The van der Waals surface area contributed by atoms with Crippen LogP contribution < -0.4 is 10.6 Å². The van der Waals surface area contributed by atoms with Gasteiger partial charge in [-0.05, 0) is 38.5 Å². The molecule has 0 fully saturated rings. The maximum absolute atomic E-state index is 13.7. The van der Waals surface area contributed by atoms with E-state index in [2.05, 4.69) is 10.6 Å². The van der Waals surface area contributed by atoms with E-state index < -0.39 is 23.7 Å². The number of urea groups is 1. The molecule has 22 heavy (non-hydrogen) atoms. The summed E-state index contributed by atoms with van der Waals surface area (Å²) in [6, 6.07) is 7.94. The van der Waals surface area contributed by atoms with Crippen molar-refractivity contribution in [3.8, 4) is 0 Å². The van der Waals surface area contributed by atoms with Crippen LogP contribution in [-0.4, -0.2) is 6.03 Å². The first-order chi connectivity index (χ1) is 10.4. The highest BCUT2D eigenvalue weighted by molar-refractivity contribution is 5.90. The highest BCUT2D eigenvalue weighted by Gasteiger charge is 2.14. The van der Waals surface area contributed by atoms with Crippen LogP contribution in [0, 0.1) is 25.5 Å². The molecule has 0 aliphatic heterocycles. The van der Waals surface area contributed by atoms with E-state index in [1.807, 2.05) is 32.0 Å². The fourth-order valence-electron chi connectivity index (χ4n) is 2.24. The minimum Gasteiger partial charge on any atom is -0.331 e. The van der Waals surface area contributed by atoms with Crippen molar-refractivity contribution in [1.82, 2.24) is 5.32 Å². The largest absolute Gasteiger partial charge is 0.331 e. The lowest BCUT2D eigenvalue weighted by Gasteiger charge is -2.16. The number of carbonyl (C=O) groups is 1. The van der Waals surface area contributed by atoms with E-state index in [-0.39, 0.29) is 5.56 Å². The van der Waals surface area contributed by atoms with Gasteiger partial charge in [-0.15, -0.1) is 0 Å². The van der Waals surface area contributed by atoms with Crippen molar-refractivity contribution in [3.05, 3.63) is 64.7 Å². The molecule has 0 saturated heterocycles. The second-order valence-corrected chi connectivity index (χ2v) is 5.30. The normalized spacial score (nSPS) is 11.9. The van der Waals surface area contributed by atoms with Crippen molar-refractivity contribution >= 4 is 11.7 Å². The molecule has 2 N–H and O–H groups in total. The second-order valence-electron chi connectivity index (χ2n) is 5.30. The lowest BCUT2D eigenvalue weighted by molar-refractivity contribution is 0.249. The first-order valence-corrected chi connectivity index (χ1v) is 6.96. The maximum Gasteiger partial charge on any atom is 0.319 e. The topological polar surface area (TPSA) is 41.1 Å². The van der Waals surface area contributed by atoms with E-state index in [0.717, 1.165) is 17.2 Å². The Morgan fingerprint density at radius 3 is 2.45 bits per heavy atom. The van der Waals surface area contributed by atoms with Gasteiger partial charge >= 0.3 is 6.03 Å². The number of rotatable bonds is 3. The number of halogens is 2. The van der Waals surface area contributed by atoms with Gasteiger partial charge in [0.2, 0.25) is 0 Å². The molecule has 2 amide bonds. The summed E-state index contributed by atoms with van der Waals surface area (Å²) in [7, 11) is 0. The number of benzene rings is 2. The monoisotopic (exact) mass is 304 g/mol. The molecular formula is C17H18F2N2O. The van der Waals surface area contributed by atoms with E-state index in [1.165, 1.54) is 12.1 Å². The van der Waals surface area contributed by atoms with Gasteiger partial charge in [-0.2, -0.15) is 0 Å². The Hall–Kier alpha value is -2.43. The zero-order valence-electron chi connectivity index (χ0n) is 12.7. The minimum atomic E-state index is -0.681. The Balaban J connectivity index is 2.05. The van der Waals surface area contributed by atoms with Gasteiger partial charge in [0.05, 0.1) is 6.04 Å². The quantitative estimate of drug-likeness (QED) is 0.863. The highest BCUT2D eigenvalue weighted by atomic mass is 19.1. The molecule has 1 unspecified atom stereocenters. The molecule has 2 rings (SSSR count). The second kappa shape index (κ2) is 6.56.